The van der Waals surface area contributed by atoms with Crippen LogP contribution < -0.4 is 0 Å². The third-order valence-corrected chi connectivity index (χ3v) is 6.25. The third kappa shape index (κ3) is 4.57. The van der Waals surface area contributed by atoms with Gasteiger partial charge in [-0.2, -0.15) is 0 Å². The van der Waals surface area contributed by atoms with Crippen LogP contribution in [0.25, 0.3) is 0 Å². The van der Waals surface area contributed by atoms with E-state index < -0.39 is 8.32 Å². The molecule has 0 aromatic heterocycles. The van der Waals surface area contributed by atoms with Crippen molar-refractivity contribution in [3.05, 3.63) is 12.2 Å². The van der Waals surface area contributed by atoms with Gasteiger partial charge in [0.1, 0.15) is 0 Å². The summed E-state index contributed by atoms with van der Waals surface area (Å²) < 4.78 is 10.5. The van der Waals surface area contributed by atoms with Crippen LogP contribution in [-0.2, 0) is 14.0 Å². The summed E-state index contributed by atoms with van der Waals surface area (Å²) >= 11 is 0. The first-order valence-corrected chi connectivity index (χ1v) is 7.74. The van der Waals surface area contributed by atoms with Gasteiger partial charge in [-0.15, -0.1) is 0 Å². The zero-order valence-electron chi connectivity index (χ0n) is 9.55. The van der Waals surface area contributed by atoms with Gasteiger partial charge in [0.25, 0.3) is 0 Å². The minimum Gasteiger partial charge on any atom is -0.436 e. The summed E-state index contributed by atoms with van der Waals surface area (Å²) in [5.41, 5.74) is 0.407. The Balaban J connectivity index is 3.83. The summed E-state index contributed by atoms with van der Waals surface area (Å²) in [6, 6.07) is 2.07. The Labute approximate surface area is 87.2 Å². The molecule has 82 valence electrons. The largest absolute Gasteiger partial charge is 0.436 e. The first-order valence-electron chi connectivity index (χ1n) is 4.91. The lowest BCUT2D eigenvalue weighted by molar-refractivity contribution is -0.145. The molecule has 0 saturated heterocycles. The second kappa shape index (κ2) is 5.98. The molecule has 0 aliphatic rings. The Hall–Kier alpha value is -0.613. The number of hydrogen-bond donors (Lipinski definition) is 0. The van der Waals surface area contributed by atoms with Gasteiger partial charge in [0.15, 0.2) is 15.1 Å². The maximum atomic E-state index is 11.0. The summed E-state index contributed by atoms with van der Waals surface area (Å²) in [7, 11) is -1.61. The van der Waals surface area contributed by atoms with E-state index in [1.54, 1.807) is 6.92 Å². The monoisotopic (exact) mass is 216 g/mol. The molecule has 0 aromatic rings. The Morgan fingerprint density at radius 3 is 2.21 bits per heavy atom. The van der Waals surface area contributed by atoms with E-state index in [-0.39, 0.29) is 12.8 Å². The molecule has 0 bridgehead atoms. The fourth-order valence-electron chi connectivity index (χ4n) is 0.803. The van der Waals surface area contributed by atoms with Crippen molar-refractivity contribution >= 4 is 14.3 Å². The molecule has 0 aliphatic heterocycles. The molecule has 0 unspecified atom stereocenters. The van der Waals surface area contributed by atoms with Crippen molar-refractivity contribution in [3.63, 3.8) is 0 Å². The molecule has 0 aliphatic carbocycles. The van der Waals surface area contributed by atoms with Gasteiger partial charge in [-0.05, 0) is 25.6 Å². The maximum Gasteiger partial charge on any atom is 0.335 e. The molecule has 0 fully saturated rings. The molecule has 0 radical (unpaired) electrons. The normalized spacial score (nSPS) is 11.1. The fraction of sp³-hybridized carbons (Fsp3) is 0.700. The highest BCUT2D eigenvalue weighted by Crippen LogP contribution is 2.15. The SMILES string of the molecule is C=C(C)C(=O)OCO[Si](C)(CC)CC. The Morgan fingerprint density at radius 1 is 1.36 bits per heavy atom. The molecule has 4 heteroatoms. The lowest BCUT2D eigenvalue weighted by Gasteiger charge is -2.23. The summed E-state index contributed by atoms with van der Waals surface area (Å²) in [5, 5.41) is 0. The van der Waals surface area contributed by atoms with Crippen molar-refractivity contribution in [1.29, 1.82) is 0 Å². The smallest absolute Gasteiger partial charge is 0.335 e. The van der Waals surface area contributed by atoms with Gasteiger partial charge >= 0.3 is 5.97 Å². The average molecular weight is 216 g/mol. The molecule has 3 nitrogen and oxygen atoms in total. The van der Waals surface area contributed by atoms with E-state index in [1.807, 2.05) is 0 Å². The van der Waals surface area contributed by atoms with Gasteiger partial charge in [-0.3, -0.25) is 0 Å². The first kappa shape index (κ1) is 13.4. The van der Waals surface area contributed by atoms with E-state index in [2.05, 4.69) is 27.0 Å². The summed E-state index contributed by atoms with van der Waals surface area (Å²) in [6.45, 7) is 11.5. The lowest BCUT2D eigenvalue weighted by Crippen LogP contribution is -2.33. The minimum absolute atomic E-state index is 0.0656. The van der Waals surface area contributed by atoms with Gasteiger partial charge in [-0.25, -0.2) is 4.79 Å². The predicted octanol–water partition coefficient (Wildman–Crippen LogP) is 2.69. The fourth-order valence-corrected chi connectivity index (χ4v) is 2.05. The Morgan fingerprint density at radius 2 is 1.86 bits per heavy atom. The van der Waals surface area contributed by atoms with E-state index in [4.69, 9.17) is 9.16 Å². The minimum atomic E-state index is -1.61. The van der Waals surface area contributed by atoms with E-state index in [9.17, 15) is 4.79 Å². The third-order valence-electron chi connectivity index (χ3n) is 2.44. The van der Waals surface area contributed by atoms with Gasteiger partial charge in [-0.1, -0.05) is 20.4 Å². The maximum absolute atomic E-state index is 11.0. The number of hydrogen-bond acceptors (Lipinski definition) is 3. The number of carbonyl (C=O) groups excluding carboxylic acids is 1. The summed E-state index contributed by atoms with van der Waals surface area (Å²) in [4.78, 5) is 11.0. The molecule has 0 heterocycles. The van der Waals surface area contributed by atoms with Gasteiger partial charge in [0, 0.05) is 5.57 Å². The van der Waals surface area contributed by atoms with E-state index >= 15 is 0 Å². The molecular weight excluding hydrogens is 196 g/mol. The van der Waals surface area contributed by atoms with Crippen LogP contribution >= 0.6 is 0 Å². The van der Waals surface area contributed by atoms with Crippen LogP contribution in [0.4, 0.5) is 0 Å². The molecule has 0 spiro atoms. The quantitative estimate of drug-likeness (QED) is 0.296. The highest BCUT2D eigenvalue weighted by molar-refractivity contribution is 6.72. The average Bonchev–Trinajstić information content (AvgIpc) is 2.17. The molecule has 0 saturated carbocycles. The van der Waals surface area contributed by atoms with E-state index in [1.165, 1.54) is 0 Å². The highest BCUT2D eigenvalue weighted by atomic mass is 28.4. The highest BCUT2D eigenvalue weighted by Gasteiger charge is 2.24. The van der Waals surface area contributed by atoms with Crippen molar-refractivity contribution in [2.45, 2.75) is 39.4 Å². The van der Waals surface area contributed by atoms with Crippen LogP contribution in [0.3, 0.4) is 0 Å². The van der Waals surface area contributed by atoms with Crippen molar-refractivity contribution in [2.24, 2.45) is 0 Å². The molecule has 0 amide bonds. The Kier molecular flexibility index (Phi) is 5.72. The Bertz CT molecular complexity index is 209. The van der Waals surface area contributed by atoms with Crippen molar-refractivity contribution in [2.75, 3.05) is 6.79 Å². The number of esters is 1. The van der Waals surface area contributed by atoms with Crippen molar-refractivity contribution < 1.29 is 14.0 Å². The van der Waals surface area contributed by atoms with Crippen molar-refractivity contribution in [3.8, 4) is 0 Å². The lowest BCUT2D eigenvalue weighted by atomic mass is 10.4. The number of ether oxygens (including phenoxy) is 1. The van der Waals surface area contributed by atoms with Gasteiger partial charge in [0.2, 0.25) is 0 Å². The van der Waals surface area contributed by atoms with E-state index in [0.717, 1.165) is 12.1 Å². The molecule has 0 rings (SSSR count). The predicted molar refractivity (Wildman–Crippen MR) is 59.4 cm³/mol. The van der Waals surface area contributed by atoms with Gasteiger partial charge < -0.3 is 9.16 Å². The standard InChI is InChI=1S/C10H20O3Si/c1-6-14(5,7-2)13-8-12-10(11)9(3)4/h3,6-8H2,1-2,4-5H3. The second-order valence-electron chi connectivity index (χ2n) is 3.63. The number of rotatable bonds is 6. The topological polar surface area (TPSA) is 35.5 Å². The van der Waals surface area contributed by atoms with Gasteiger partial charge in [0.05, 0.1) is 0 Å². The van der Waals surface area contributed by atoms with Crippen LogP contribution in [0, 0.1) is 0 Å². The van der Waals surface area contributed by atoms with Crippen LogP contribution in [-0.4, -0.2) is 21.1 Å². The molecular formula is C10H20O3Si. The van der Waals surface area contributed by atoms with E-state index in [0.29, 0.717) is 5.57 Å². The molecule has 0 atom stereocenters. The second-order valence-corrected chi connectivity index (χ2v) is 8.23. The zero-order valence-corrected chi connectivity index (χ0v) is 10.6. The van der Waals surface area contributed by atoms with Crippen molar-refractivity contribution in [1.82, 2.24) is 0 Å². The summed E-state index contributed by atoms with van der Waals surface area (Å²) in [6.07, 6.45) is 0. The first-order chi connectivity index (χ1) is 6.45. The molecule has 14 heavy (non-hydrogen) atoms. The van der Waals surface area contributed by atoms with Crippen LogP contribution in [0.5, 0.6) is 0 Å². The molecule has 0 N–H and O–H groups in total. The number of carbonyl (C=O) groups is 1. The zero-order chi connectivity index (χ0) is 11.2. The van der Waals surface area contributed by atoms with Crippen LogP contribution in [0.1, 0.15) is 20.8 Å². The molecule has 0 aromatic carbocycles. The van der Waals surface area contributed by atoms with Crippen LogP contribution in [0.2, 0.25) is 18.6 Å². The van der Waals surface area contributed by atoms with Crippen LogP contribution in [0.15, 0.2) is 12.2 Å². The summed E-state index contributed by atoms with van der Waals surface area (Å²) in [5.74, 6) is -0.381.